The lowest BCUT2D eigenvalue weighted by Crippen LogP contribution is -2.23. The summed E-state index contributed by atoms with van der Waals surface area (Å²) in [4.78, 5) is 12.2. The third kappa shape index (κ3) is 3.80. The second-order valence-electron chi connectivity index (χ2n) is 4.70. The largest absolute Gasteiger partial charge is 0.325 e. The molecule has 1 N–H and O–H groups in total. The van der Waals surface area contributed by atoms with Crippen molar-refractivity contribution in [3.8, 4) is 0 Å². The van der Waals surface area contributed by atoms with Crippen LogP contribution in [-0.4, -0.2) is 21.4 Å². The van der Waals surface area contributed by atoms with Gasteiger partial charge in [0, 0.05) is 5.69 Å². The number of nitrogens with one attached hydrogen (secondary N) is 1. The molecule has 1 aromatic heterocycles. The number of nitrogens with zero attached hydrogens (tertiary/aromatic N) is 2. The fraction of sp³-hybridized carbons (Fsp3) is 0.357. The van der Waals surface area contributed by atoms with Gasteiger partial charge in [0.2, 0.25) is 5.91 Å². The Balaban J connectivity index is 2.04. The summed E-state index contributed by atoms with van der Waals surface area (Å²) in [5, 5.41) is 10.5. The van der Waals surface area contributed by atoms with E-state index in [9.17, 15) is 4.79 Å². The van der Waals surface area contributed by atoms with Crippen LogP contribution in [0.2, 0.25) is 0 Å². The molecule has 0 spiro atoms. The lowest BCUT2D eigenvalue weighted by atomic mass is 10.0. The molecule has 1 amide bonds. The molecule has 0 radical (unpaired) electrons. The van der Waals surface area contributed by atoms with Gasteiger partial charge in [0.15, 0.2) is 4.34 Å². The van der Waals surface area contributed by atoms with Crippen molar-refractivity contribution in [2.45, 2.75) is 36.3 Å². The van der Waals surface area contributed by atoms with Crippen LogP contribution in [0.25, 0.3) is 0 Å². The Morgan fingerprint density at radius 2 is 2.05 bits per heavy atom. The maximum absolute atomic E-state index is 12.2. The van der Waals surface area contributed by atoms with E-state index in [1.807, 2.05) is 31.2 Å². The summed E-state index contributed by atoms with van der Waals surface area (Å²) < 4.78 is 0.810. The molecule has 0 saturated carbocycles. The molecule has 1 heterocycles. The van der Waals surface area contributed by atoms with Gasteiger partial charge in [-0.05, 0) is 24.5 Å². The van der Waals surface area contributed by atoms with E-state index in [2.05, 4.69) is 29.4 Å². The summed E-state index contributed by atoms with van der Waals surface area (Å²) in [6.07, 6.45) is 0. The molecule has 6 heteroatoms. The van der Waals surface area contributed by atoms with Gasteiger partial charge in [-0.2, -0.15) is 0 Å². The predicted molar refractivity (Wildman–Crippen MR) is 84.4 cm³/mol. The van der Waals surface area contributed by atoms with Crippen LogP contribution in [0.3, 0.4) is 0 Å². The standard InChI is InChI=1S/C14H17N3OS2/c1-9(2)11-6-4-5-7-12(11)16-13(18)10(3)20-14-17-15-8-19-14/h4-10H,1-3H3,(H,16,18). The van der Waals surface area contributed by atoms with Crippen LogP contribution in [0, 0.1) is 0 Å². The van der Waals surface area contributed by atoms with E-state index in [1.54, 1.807) is 5.51 Å². The highest BCUT2D eigenvalue weighted by Gasteiger charge is 2.17. The van der Waals surface area contributed by atoms with Crippen molar-refractivity contribution in [2.75, 3.05) is 5.32 Å². The van der Waals surface area contributed by atoms with E-state index in [0.29, 0.717) is 5.92 Å². The Labute approximate surface area is 127 Å². The summed E-state index contributed by atoms with van der Waals surface area (Å²) in [5.41, 5.74) is 3.70. The fourth-order valence-corrected chi connectivity index (χ4v) is 3.39. The maximum Gasteiger partial charge on any atom is 0.237 e. The van der Waals surface area contributed by atoms with Crippen molar-refractivity contribution in [1.82, 2.24) is 10.2 Å². The zero-order valence-electron chi connectivity index (χ0n) is 11.7. The molecule has 0 fully saturated rings. The number of hydrogen-bond donors (Lipinski definition) is 1. The Morgan fingerprint density at radius 3 is 2.70 bits per heavy atom. The second-order valence-corrected chi connectivity index (χ2v) is 7.12. The van der Waals surface area contributed by atoms with Gasteiger partial charge >= 0.3 is 0 Å². The maximum atomic E-state index is 12.2. The molecule has 0 aliphatic heterocycles. The number of amides is 1. The smallest absolute Gasteiger partial charge is 0.237 e. The quantitative estimate of drug-likeness (QED) is 0.854. The second kappa shape index (κ2) is 6.85. The minimum absolute atomic E-state index is 0.0155. The van der Waals surface area contributed by atoms with Crippen LogP contribution in [0.5, 0.6) is 0 Å². The van der Waals surface area contributed by atoms with E-state index in [-0.39, 0.29) is 11.2 Å². The fourth-order valence-electron chi connectivity index (χ4n) is 1.77. The number of rotatable bonds is 5. The summed E-state index contributed by atoms with van der Waals surface area (Å²) in [6.45, 7) is 6.11. The zero-order valence-corrected chi connectivity index (χ0v) is 13.3. The van der Waals surface area contributed by atoms with Crippen LogP contribution in [0.1, 0.15) is 32.3 Å². The summed E-state index contributed by atoms with van der Waals surface area (Å²) in [6, 6.07) is 7.91. The van der Waals surface area contributed by atoms with Crippen LogP contribution in [-0.2, 0) is 4.79 Å². The Kier molecular flexibility index (Phi) is 5.14. The van der Waals surface area contributed by atoms with Gasteiger partial charge in [-0.1, -0.05) is 55.1 Å². The molecular formula is C14H17N3OS2. The van der Waals surface area contributed by atoms with E-state index in [4.69, 9.17) is 0 Å². The number of carbonyl (C=O) groups excluding carboxylic acids is 1. The number of para-hydroxylation sites is 1. The van der Waals surface area contributed by atoms with E-state index in [0.717, 1.165) is 15.6 Å². The molecule has 1 aromatic carbocycles. The van der Waals surface area contributed by atoms with E-state index in [1.165, 1.54) is 23.1 Å². The van der Waals surface area contributed by atoms with Crippen molar-refractivity contribution in [2.24, 2.45) is 0 Å². The molecule has 4 nitrogen and oxygen atoms in total. The van der Waals surface area contributed by atoms with Crippen LogP contribution in [0.4, 0.5) is 5.69 Å². The van der Waals surface area contributed by atoms with Crippen LogP contribution >= 0.6 is 23.1 Å². The van der Waals surface area contributed by atoms with E-state index < -0.39 is 0 Å². The molecule has 0 saturated heterocycles. The number of thioether (sulfide) groups is 1. The van der Waals surface area contributed by atoms with Gasteiger partial charge < -0.3 is 5.32 Å². The van der Waals surface area contributed by atoms with Gasteiger partial charge in [0.25, 0.3) is 0 Å². The minimum Gasteiger partial charge on any atom is -0.325 e. The Bertz CT molecular complexity index is 570. The van der Waals surface area contributed by atoms with Crippen LogP contribution in [0.15, 0.2) is 34.1 Å². The molecule has 1 atom stereocenters. The predicted octanol–water partition coefficient (Wildman–Crippen LogP) is 3.78. The number of aromatic nitrogens is 2. The van der Waals surface area contributed by atoms with Gasteiger partial charge in [0.1, 0.15) is 5.51 Å². The molecule has 1 unspecified atom stereocenters. The summed E-state index contributed by atoms with van der Waals surface area (Å²) in [7, 11) is 0. The molecular weight excluding hydrogens is 290 g/mol. The van der Waals surface area contributed by atoms with Crippen molar-refractivity contribution in [1.29, 1.82) is 0 Å². The molecule has 0 aliphatic rings. The lowest BCUT2D eigenvalue weighted by molar-refractivity contribution is -0.115. The van der Waals surface area contributed by atoms with Gasteiger partial charge in [-0.25, -0.2) is 0 Å². The normalized spacial score (nSPS) is 12.4. The third-order valence-electron chi connectivity index (χ3n) is 2.83. The molecule has 2 aromatic rings. The van der Waals surface area contributed by atoms with Crippen molar-refractivity contribution >= 4 is 34.7 Å². The molecule has 2 rings (SSSR count). The van der Waals surface area contributed by atoms with Crippen molar-refractivity contribution < 1.29 is 4.79 Å². The van der Waals surface area contributed by atoms with Gasteiger partial charge in [0.05, 0.1) is 5.25 Å². The first-order valence-corrected chi connectivity index (χ1v) is 8.16. The third-order valence-corrected chi connectivity index (χ3v) is 4.74. The number of carbonyl (C=O) groups is 1. The van der Waals surface area contributed by atoms with Crippen molar-refractivity contribution in [3.05, 3.63) is 35.3 Å². The number of benzene rings is 1. The average molecular weight is 307 g/mol. The highest BCUT2D eigenvalue weighted by atomic mass is 32.2. The van der Waals surface area contributed by atoms with Crippen LogP contribution < -0.4 is 5.32 Å². The lowest BCUT2D eigenvalue weighted by Gasteiger charge is -2.15. The van der Waals surface area contributed by atoms with E-state index >= 15 is 0 Å². The number of anilines is 1. The van der Waals surface area contributed by atoms with Gasteiger partial charge in [-0.3, -0.25) is 4.79 Å². The Morgan fingerprint density at radius 1 is 1.30 bits per heavy atom. The summed E-state index contributed by atoms with van der Waals surface area (Å²) >= 11 is 2.87. The van der Waals surface area contributed by atoms with Gasteiger partial charge in [-0.15, -0.1) is 10.2 Å². The minimum atomic E-state index is -0.205. The first-order chi connectivity index (χ1) is 9.58. The first-order valence-electron chi connectivity index (χ1n) is 6.40. The zero-order chi connectivity index (χ0) is 14.5. The molecule has 0 bridgehead atoms. The number of hydrogen-bond acceptors (Lipinski definition) is 5. The molecule has 0 aliphatic carbocycles. The Hall–Kier alpha value is -1.40. The first kappa shape index (κ1) is 15.0. The molecule has 20 heavy (non-hydrogen) atoms. The molecule has 106 valence electrons. The average Bonchev–Trinajstić information content (AvgIpc) is 2.91. The topological polar surface area (TPSA) is 54.9 Å². The highest BCUT2D eigenvalue weighted by Crippen LogP contribution is 2.27. The summed E-state index contributed by atoms with van der Waals surface area (Å²) in [5.74, 6) is 0.357. The monoisotopic (exact) mass is 307 g/mol. The highest BCUT2D eigenvalue weighted by molar-refractivity contribution is 8.02. The van der Waals surface area contributed by atoms with Crippen molar-refractivity contribution in [3.63, 3.8) is 0 Å². The SMILES string of the molecule is CC(Sc1nncs1)C(=O)Nc1ccccc1C(C)C.